The van der Waals surface area contributed by atoms with Crippen LogP contribution in [0.5, 0.6) is 23.0 Å². The molecule has 216 valence electrons. The minimum atomic E-state index is -1.59. The fourth-order valence-corrected chi connectivity index (χ4v) is 5.12. The van der Waals surface area contributed by atoms with Crippen LogP contribution in [-0.4, -0.2) is 102 Å². The van der Waals surface area contributed by atoms with Gasteiger partial charge in [0, 0.05) is 18.4 Å². The molecular weight excluding hydrogens is 516 g/mol. The highest BCUT2D eigenvalue weighted by molar-refractivity contribution is 5.45. The maximum atomic E-state index is 11.2. The number of aliphatic hydroxyl groups is 6. The van der Waals surface area contributed by atoms with Crippen molar-refractivity contribution in [1.82, 2.24) is 0 Å². The number of hydrogen-bond acceptors (Lipinski definition) is 12. The Balaban J connectivity index is 1.52. The quantitative estimate of drug-likeness (QED) is 0.231. The molecule has 0 aliphatic carbocycles. The van der Waals surface area contributed by atoms with E-state index in [2.05, 4.69) is 0 Å². The number of benzene rings is 2. The van der Waals surface area contributed by atoms with Gasteiger partial charge in [-0.05, 0) is 35.4 Å². The molecule has 4 rings (SSSR count). The van der Waals surface area contributed by atoms with Gasteiger partial charge in [-0.25, -0.2) is 0 Å². The lowest BCUT2D eigenvalue weighted by Gasteiger charge is -2.39. The van der Waals surface area contributed by atoms with Crippen molar-refractivity contribution in [3.63, 3.8) is 0 Å². The van der Waals surface area contributed by atoms with Crippen LogP contribution >= 0.6 is 0 Å². The fourth-order valence-electron chi connectivity index (χ4n) is 5.12. The van der Waals surface area contributed by atoms with Gasteiger partial charge in [-0.2, -0.15) is 0 Å². The number of aliphatic hydroxyl groups excluding tert-OH is 6. The Hall–Kier alpha value is -2.68. The van der Waals surface area contributed by atoms with Crippen LogP contribution in [0.2, 0.25) is 0 Å². The van der Waals surface area contributed by atoms with Crippen molar-refractivity contribution < 1.29 is 59.1 Å². The van der Waals surface area contributed by atoms with Gasteiger partial charge in [0.2, 0.25) is 6.29 Å². The van der Waals surface area contributed by atoms with E-state index >= 15 is 0 Å². The first-order valence-electron chi connectivity index (χ1n) is 12.5. The standard InChI is InChI=1S/C27H36O12/c1-34-17-6-4-13(8-19(17)35-2)22(30)16-12-37-26(15(16)10-28)14-5-7-18(20(9-14)36-3)38-27-25(33)24(32)23(31)21(11-29)39-27/h4-9,15-16,21-33H,10-12H2,1-3H3/t15-,16+,21+,22-,23+,24-,25+,26+,27+/m0/s1. The summed E-state index contributed by atoms with van der Waals surface area (Å²) in [6, 6.07) is 10.0. The molecule has 12 nitrogen and oxygen atoms in total. The van der Waals surface area contributed by atoms with E-state index in [-0.39, 0.29) is 24.7 Å². The minimum Gasteiger partial charge on any atom is -0.493 e. The summed E-state index contributed by atoms with van der Waals surface area (Å²) in [5.74, 6) is 0.569. The van der Waals surface area contributed by atoms with Crippen LogP contribution in [0, 0.1) is 11.8 Å². The summed E-state index contributed by atoms with van der Waals surface area (Å²) >= 11 is 0. The molecule has 12 heteroatoms. The Morgan fingerprint density at radius 2 is 1.49 bits per heavy atom. The first-order valence-corrected chi connectivity index (χ1v) is 12.5. The third kappa shape index (κ3) is 5.79. The fraction of sp³-hybridized carbons (Fsp3) is 0.556. The van der Waals surface area contributed by atoms with E-state index in [0.29, 0.717) is 22.6 Å². The second kappa shape index (κ2) is 12.7. The monoisotopic (exact) mass is 552 g/mol. The molecule has 0 saturated carbocycles. The molecule has 0 unspecified atom stereocenters. The van der Waals surface area contributed by atoms with Crippen LogP contribution in [0.25, 0.3) is 0 Å². The number of hydrogen-bond donors (Lipinski definition) is 6. The van der Waals surface area contributed by atoms with Gasteiger partial charge in [0.05, 0.1) is 46.8 Å². The van der Waals surface area contributed by atoms with E-state index in [1.807, 2.05) is 0 Å². The van der Waals surface area contributed by atoms with Crippen LogP contribution in [0.1, 0.15) is 23.3 Å². The van der Waals surface area contributed by atoms with Gasteiger partial charge in [-0.15, -0.1) is 0 Å². The molecule has 0 bridgehead atoms. The average Bonchev–Trinajstić information content (AvgIpc) is 3.40. The van der Waals surface area contributed by atoms with Crippen LogP contribution in [0.3, 0.4) is 0 Å². The first kappa shape index (κ1) is 29.3. The topological polar surface area (TPSA) is 177 Å². The van der Waals surface area contributed by atoms with Crippen molar-refractivity contribution >= 4 is 0 Å². The van der Waals surface area contributed by atoms with Gasteiger partial charge >= 0.3 is 0 Å². The summed E-state index contributed by atoms with van der Waals surface area (Å²) in [5, 5.41) is 61.2. The predicted octanol–water partition coefficient (Wildman–Crippen LogP) is -0.0793. The zero-order chi connectivity index (χ0) is 28.3. The van der Waals surface area contributed by atoms with Crippen molar-refractivity contribution in [1.29, 1.82) is 0 Å². The highest BCUT2D eigenvalue weighted by Gasteiger charge is 2.45. The van der Waals surface area contributed by atoms with Crippen molar-refractivity contribution in [3.8, 4) is 23.0 Å². The molecule has 0 spiro atoms. The zero-order valence-electron chi connectivity index (χ0n) is 21.9. The molecule has 9 atom stereocenters. The maximum absolute atomic E-state index is 11.2. The third-order valence-electron chi connectivity index (χ3n) is 7.38. The Morgan fingerprint density at radius 1 is 0.821 bits per heavy atom. The molecule has 2 saturated heterocycles. The van der Waals surface area contributed by atoms with Crippen LogP contribution < -0.4 is 18.9 Å². The average molecular weight is 553 g/mol. The van der Waals surface area contributed by atoms with Crippen molar-refractivity contribution in [2.24, 2.45) is 11.8 Å². The summed E-state index contributed by atoms with van der Waals surface area (Å²) in [7, 11) is 4.46. The molecule has 0 aromatic heterocycles. The summed E-state index contributed by atoms with van der Waals surface area (Å²) in [6.07, 6.45) is -8.68. The summed E-state index contributed by atoms with van der Waals surface area (Å²) in [4.78, 5) is 0. The Kier molecular flexibility index (Phi) is 9.51. The Labute approximate surface area is 225 Å². The Bertz CT molecular complexity index is 1090. The Morgan fingerprint density at radius 3 is 2.13 bits per heavy atom. The number of rotatable bonds is 10. The van der Waals surface area contributed by atoms with E-state index in [9.17, 15) is 30.6 Å². The van der Waals surface area contributed by atoms with E-state index in [1.54, 1.807) is 36.4 Å². The van der Waals surface area contributed by atoms with Crippen molar-refractivity contribution in [3.05, 3.63) is 47.5 Å². The second-order valence-corrected chi connectivity index (χ2v) is 9.55. The van der Waals surface area contributed by atoms with E-state index in [4.69, 9.17) is 28.4 Å². The highest BCUT2D eigenvalue weighted by Crippen LogP contribution is 2.46. The molecule has 0 radical (unpaired) electrons. The molecule has 2 aromatic rings. The molecule has 2 heterocycles. The van der Waals surface area contributed by atoms with Gasteiger partial charge in [0.25, 0.3) is 0 Å². The predicted molar refractivity (Wildman–Crippen MR) is 135 cm³/mol. The lowest BCUT2D eigenvalue weighted by atomic mass is 9.82. The van der Waals surface area contributed by atoms with Crippen molar-refractivity contribution in [2.45, 2.75) is 42.9 Å². The van der Waals surface area contributed by atoms with E-state index < -0.39 is 61.4 Å². The van der Waals surface area contributed by atoms with Crippen LogP contribution in [-0.2, 0) is 9.47 Å². The molecule has 2 fully saturated rings. The van der Waals surface area contributed by atoms with E-state index in [0.717, 1.165) is 0 Å². The van der Waals surface area contributed by atoms with Crippen molar-refractivity contribution in [2.75, 3.05) is 41.2 Å². The van der Waals surface area contributed by atoms with Gasteiger partial charge in [0.15, 0.2) is 23.0 Å². The molecule has 2 aliphatic rings. The highest BCUT2D eigenvalue weighted by atomic mass is 16.7. The minimum absolute atomic E-state index is 0.172. The molecular formula is C27H36O12. The smallest absolute Gasteiger partial charge is 0.229 e. The summed E-state index contributed by atoms with van der Waals surface area (Å²) in [5.41, 5.74) is 1.26. The molecule has 0 amide bonds. The summed E-state index contributed by atoms with van der Waals surface area (Å²) in [6.45, 7) is -0.638. The van der Waals surface area contributed by atoms with Gasteiger partial charge in [-0.1, -0.05) is 12.1 Å². The zero-order valence-corrected chi connectivity index (χ0v) is 21.9. The second-order valence-electron chi connectivity index (χ2n) is 9.55. The SMILES string of the molecule is COc1ccc([C@H](O)[C@@H]2CO[C@H](c3ccc(O[C@@H]4O[C@H](CO)[C@@H](O)[C@H](O)[C@H]4O)c(OC)c3)[C@H]2CO)cc1OC. The molecule has 39 heavy (non-hydrogen) atoms. The molecule has 2 aromatic carbocycles. The number of methoxy groups -OCH3 is 3. The lowest BCUT2D eigenvalue weighted by molar-refractivity contribution is -0.277. The largest absolute Gasteiger partial charge is 0.493 e. The van der Waals surface area contributed by atoms with Crippen LogP contribution in [0.15, 0.2) is 36.4 Å². The lowest BCUT2D eigenvalue weighted by Crippen LogP contribution is -2.60. The molecule has 2 aliphatic heterocycles. The van der Waals surface area contributed by atoms with E-state index in [1.165, 1.54) is 21.3 Å². The first-order chi connectivity index (χ1) is 18.8. The third-order valence-corrected chi connectivity index (χ3v) is 7.38. The van der Waals surface area contributed by atoms with Gasteiger partial charge in [-0.3, -0.25) is 0 Å². The van der Waals surface area contributed by atoms with Gasteiger partial charge < -0.3 is 59.1 Å². The molecule has 6 N–H and O–H groups in total. The normalized spacial score (nSPS) is 31.5. The summed E-state index contributed by atoms with van der Waals surface area (Å²) < 4.78 is 33.3. The maximum Gasteiger partial charge on any atom is 0.229 e. The van der Waals surface area contributed by atoms with Gasteiger partial charge in [0.1, 0.15) is 24.4 Å². The van der Waals surface area contributed by atoms with Crippen LogP contribution in [0.4, 0.5) is 0 Å². The number of ether oxygens (including phenoxy) is 6.